The van der Waals surface area contributed by atoms with Gasteiger partial charge in [-0.15, -0.1) is 12.4 Å². The zero-order valence-electron chi connectivity index (χ0n) is 15.3. The fourth-order valence-corrected chi connectivity index (χ4v) is 3.63. The molecular weight excluding hydrogens is 380 g/mol. The molecule has 0 spiro atoms. The molecule has 1 heterocycles. The van der Waals surface area contributed by atoms with E-state index in [2.05, 4.69) is 5.32 Å². The summed E-state index contributed by atoms with van der Waals surface area (Å²) in [6, 6.07) is 4.49. The van der Waals surface area contributed by atoms with Gasteiger partial charge in [-0.25, -0.2) is 8.42 Å². The van der Waals surface area contributed by atoms with Crippen LogP contribution in [0.3, 0.4) is 0 Å². The quantitative estimate of drug-likeness (QED) is 0.711. The number of benzene rings is 1. The van der Waals surface area contributed by atoms with Crippen LogP contribution in [0.15, 0.2) is 23.1 Å². The minimum atomic E-state index is -3.60. The van der Waals surface area contributed by atoms with Gasteiger partial charge in [0.05, 0.1) is 16.2 Å². The number of rotatable bonds is 7. The molecule has 0 aliphatic carbocycles. The third-order valence-electron chi connectivity index (χ3n) is 4.59. The van der Waals surface area contributed by atoms with Crippen molar-refractivity contribution in [1.29, 1.82) is 0 Å². The van der Waals surface area contributed by atoms with Crippen molar-refractivity contribution in [1.82, 2.24) is 5.32 Å². The Kier molecular flexibility index (Phi) is 7.73. The predicted molar refractivity (Wildman–Crippen MR) is 102 cm³/mol. The Morgan fingerprint density at radius 3 is 2.46 bits per heavy atom. The predicted octanol–water partition coefficient (Wildman–Crippen LogP) is 1.53. The molecule has 7 nitrogen and oxygen atoms in total. The van der Waals surface area contributed by atoms with Crippen molar-refractivity contribution in [2.24, 2.45) is 11.7 Å². The first kappa shape index (κ1) is 22.5. The number of hydrogen-bond donors (Lipinski definition) is 2. The highest BCUT2D eigenvalue weighted by Crippen LogP contribution is 2.32. The Balaban J connectivity index is 0.00000338. The highest BCUT2D eigenvalue weighted by Gasteiger charge is 2.29. The molecule has 0 fully saturated rings. The summed E-state index contributed by atoms with van der Waals surface area (Å²) in [5.41, 5.74) is 5.18. The van der Waals surface area contributed by atoms with Gasteiger partial charge in [0, 0.05) is 19.0 Å². The van der Waals surface area contributed by atoms with E-state index in [0.29, 0.717) is 24.7 Å². The molecule has 1 aromatic carbocycles. The fourth-order valence-electron chi connectivity index (χ4n) is 2.37. The summed E-state index contributed by atoms with van der Waals surface area (Å²) in [4.78, 5) is 12.3. The average Bonchev–Trinajstić information content (AvgIpc) is 2.59. The van der Waals surface area contributed by atoms with Gasteiger partial charge in [0.15, 0.2) is 21.3 Å². The molecule has 2 rings (SSSR count). The molecule has 1 aromatic rings. The second-order valence-electron chi connectivity index (χ2n) is 6.70. The van der Waals surface area contributed by atoms with Gasteiger partial charge in [-0.3, -0.25) is 4.79 Å². The summed E-state index contributed by atoms with van der Waals surface area (Å²) in [7, 11) is -3.60. The van der Waals surface area contributed by atoms with Crippen molar-refractivity contribution < 1.29 is 22.7 Å². The summed E-state index contributed by atoms with van der Waals surface area (Å²) < 4.78 is 35.8. The Hall–Kier alpha value is -1.51. The summed E-state index contributed by atoms with van der Waals surface area (Å²) >= 11 is 0. The van der Waals surface area contributed by atoms with Crippen LogP contribution >= 0.6 is 12.4 Å². The minimum Gasteiger partial charge on any atom is -0.486 e. The number of sulfone groups is 1. The van der Waals surface area contributed by atoms with Crippen LogP contribution in [0.1, 0.15) is 27.2 Å². The molecule has 1 amide bonds. The van der Waals surface area contributed by atoms with Crippen molar-refractivity contribution in [2.75, 3.05) is 25.5 Å². The summed E-state index contributed by atoms with van der Waals surface area (Å²) in [6.45, 7) is 6.87. The van der Waals surface area contributed by atoms with Gasteiger partial charge < -0.3 is 20.5 Å². The van der Waals surface area contributed by atoms with E-state index in [4.69, 9.17) is 15.2 Å². The van der Waals surface area contributed by atoms with Crippen LogP contribution in [0, 0.1) is 5.92 Å². The van der Waals surface area contributed by atoms with Crippen LogP contribution in [0.25, 0.3) is 0 Å². The van der Waals surface area contributed by atoms with Crippen molar-refractivity contribution in [2.45, 2.75) is 37.6 Å². The first-order chi connectivity index (χ1) is 11.7. The molecule has 3 N–H and O–H groups in total. The maximum Gasteiger partial charge on any atom is 0.221 e. The van der Waals surface area contributed by atoms with Crippen molar-refractivity contribution in [3.8, 4) is 11.5 Å². The lowest BCUT2D eigenvalue weighted by Gasteiger charge is -2.33. The molecule has 1 unspecified atom stereocenters. The number of amides is 1. The number of nitrogens with two attached hydrogens (primary N) is 1. The van der Waals surface area contributed by atoms with Gasteiger partial charge in [0.1, 0.15) is 13.2 Å². The second-order valence-corrected chi connectivity index (χ2v) is 8.81. The SMILES string of the molecule is CC(C)C(C)(CN)NC(=O)CCS(=O)(=O)c1ccc2c(c1)OCCO2.Cl. The molecule has 0 saturated heterocycles. The number of fused-ring (bicyclic) bond motifs is 1. The molecule has 9 heteroatoms. The number of nitrogens with one attached hydrogen (secondary N) is 1. The van der Waals surface area contributed by atoms with Crippen LogP contribution in [-0.2, 0) is 14.6 Å². The zero-order valence-corrected chi connectivity index (χ0v) is 16.9. The summed E-state index contributed by atoms with van der Waals surface area (Å²) in [5.74, 6) is 0.460. The molecule has 0 aromatic heterocycles. The second kappa shape index (κ2) is 8.92. The normalized spacial score (nSPS) is 15.7. The molecule has 1 aliphatic heterocycles. The maximum atomic E-state index is 12.5. The number of halogens is 1. The van der Waals surface area contributed by atoms with Crippen LogP contribution < -0.4 is 20.5 Å². The Labute approximate surface area is 160 Å². The van der Waals surface area contributed by atoms with Crippen molar-refractivity contribution in [3.63, 3.8) is 0 Å². The Morgan fingerprint density at radius 1 is 1.27 bits per heavy atom. The zero-order chi connectivity index (χ0) is 18.7. The smallest absolute Gasteiger partial charge is 0.221 e. The Bertz CT molecular complexity index is 739. The van der Waals surface area contributed by atoms with Crippen molar-refractivity contribution in [3.05, 3.63) is 18.2 Å². The first-order valence-corrected chi connectivity index (χ1v) is 9.96. The van der Waals surface area contributed by atoms with Gasteiger partial charge in [0.2, 0.25) is 5.91 Å². The monoisotopic (exact) mass is 406 g/mol. The van der Waals surface area contributed by atoms with Gasteiger partial charge in [0.25, 0.3) is 0 Å². The van der Waals surface area contributed by atoms with Gasteiger partial charge in [-0.2, -0.15) is 0 Å². The molecule has 0 bridgehead atoms. The molecule has 0 radical (unpaired) electrons. The highest BCUT2D eigenvalue weighted by atomic mass is 35.5. The highest BCUT2D eigenvalue weighted by molar-refractivity contribution is 7.91. The van der Waals surface area contributed by atoms with E-state index in [-0.39, 0.29) is 47.8 Å². The average molecular weight is 407 g/mol. The maximum absolute atomic E-state index is 12.5. The van der Waals surface area contributed by atoms with Gasteiger partial charge >= 0.3 is 0 Å². The van der Waals surface area contributed by atoms with E-state index >= 15 is 0 Å². The van der Waals surface area contributed by atoms with Crippen LogP contribution in [0.2, 0.25) is 0 Å². The minimum absolute atomic E-state index is 0. The Morgan fingerprint density at radius 2 is 1.88 bits per heavy atom. The lowest BCUT2D eigenvalue weighted by molar-refractivity contribution is -0.122. The molecule has 148 valence electrons. The topological polar surface area (TPSA) is 108 Å². The summed E-state index contributed by atoms with van der Waals surface area (Å²) in [5, 5.41) is 2.84. The summed E-state index contributed by atoms with van der Waals surface area (Å²) in [6.07, 6.45) is -0.126. The largest absolute Gasteiger partial charge is 0.486 e. The standard InChI is InChI=1S/C17H26N2O5S.ClH/c1-12(2)17(3,11-18)19-16(20)6-9-25(21,22)13-4-5-14-15(10-13)24-8-7-23-14;/h4-5,10,12H,6-9,11,18H2,1-3H3,(H,19,20);1H. The number of hydrogen-bond acceptors (Lipinski definition) is 6. The third kappa shape index (κ3) is 5.25. The van der Waals surface area contributed by atoms with Crippen LogP contribution in [-0.4, -0.2) is 45.4 Å². The van der Waals surface area contributed by atoms with Gasteiger partial charge in [-0.1, -0.05) is 13.8 Å². The number of ether oxygens (including phenoxy) is 2. The third-order valence-corrected chi connectivity index (χ3v) is 6.31. The van der Waals surface area contributed by atoms with Gasteiger partial charge in [-0.05, 0) is 25.0 Å². The first-order valence-electron chi connectivity index (χ1n) is 8.31. The number of carbonyl (C=O) groups is 1. The molecule has 1 atom stereocenters. The number of carbonyl (C=O) groups excluding carboxylic acids is 1. The lowest BCUT2D eigenvalue weighted by Crippen LogP contribution is -2.55. The van der Waals surface area contributed by atoms with E-state index in [1.165, 1.54) is 12.1 Å². The van der Waals surface area contributed by atoms with E-state index < -0.39 is 15.4 Å². The molecule has 0 saturated carbocycles. The van der Waals surface area contributed by atoms with Crippen molar-refractivity contribution >= 4 is 28.2 Å². The van der Waals surface area contributed by atoms with E-state index in [9.17, 15) is 13.2 Å². The lowest BCUT2D eigenvalue weighted by atomic mass is 9.88. The molecule has 26 heavy (non-hydrogen) atoms. The van der Waals surface area contributed by atoms with E-state index in [0.717, 1.165) is 0 Å². The van der Waals surface area contributed by atoms with E-state index in [1.54, 1.807) is 6.07 Å². The fraction of sp³-hybridized carbons (Fsp3) is 0.588. The molecule has 1 aliphatic rings. The van der Waals surface area contributed by atoms with Crippen LogP contribution in [0.5, 0.6) is 11.5 Å². The molecular formula is C17H27ClN2O5S. The van der Waals surface area contributed by atoms with Crippen LogP contribution in [0.4, 0.5) is 0 Å². The van der Waals surface area contributed by atoms with E-state index in [1.807, 2.05) is 20.8 Å².